The van der Waals surface area contributed by atoms with E-state index in [0.29, 0.717) is 36.3 Å². The highest BCUT2D eigenvalue weighted by Crippen LogP contribution is 2.19. The Morgan fingerprint density at radius 2 is 0.618 bits per heavy atom. The standard InChI is InChI=1S/C15H23N5.2C14H21N5.2C13H19N5.2C12H17N5.C11H15N5/c1-12-17-14(16)20(3)15(18-12)19(2)11-7-10-13-8-5-4-6-9-13;1-11-16-13(15)19(3)14(17-11)18(2)10-9-12-7-5-4-6-8-12;1-11-17-13(15-2)19-14(18-11)16-10-6-9-12-7-4-3-5-8-12;1-10-15-12(14)18(3)13(16-10)17(2)9-11-7-5-4-6-8-11;1-10-16-12(14-2)18-13(17-10)15-9-8-11-6-4-3-5-7-11;1-9-14-11(13)17(3)12(15-9)16(2)10-7-5-4-6-8-10;1-9-15-11(13-2)17-12(16-9)14-8-10-6-4-3-5-7-10;1-8-13-10(12-2)16-11(14-8)15-9-6-4-3-5-7-9/h4-6,8-9,12H,7,10-11H2,1-3H3,(H2,16,17);4-8,11H,9-10H2,1-3H3,(H2,15,16);3-5,7-8,11H,6,9-10H2,1-2H3,(H3,15,16,17,18,19);4-8,10H,9H2,1-3H3,(H2,14,15);3-7,10H,8-9H2,1-2H3,(H3,14,15,16,17,18);4-9H,1-3H3,(H2,13,14);3-7,9H,8H2,1-2H3,(H3,13,14,15,16,17);3-8H,1-2H3,(H3,12,13,14,15,16). The molecule has 3 fully saturated rings. The smallest absolute Gasteiger partial charge is 0.209 e. The molecule has 8 heterocycles. The van der Waals surface area contributed by atoms with Gasteiger partial charge in [-0.2, -0.15) is 0 Å². The molecule has 0 amide bonds. The maximum absolute atomic E-state index is 5.89. The van der Waals surface area contributed by atoms with Gasteiger partial charge >= 0.3 is 0 Å². The molecule has 0 radical (unpaired) electrons. The van der Waals surface area contributed by atoms with Crippen LogP contribution in [0.2, 0.25) is 0 Å². The summed E-state index contributed by atoms with van der Waals surface area (Å²) in [6.45, 7) is 20.6. The lowest BCUT2D eigenvalue weighted by Crippen LogP contribution is -2.61. The number of anilines is 2. The SMILES string of the molecule is CC1N=C(N)N(C)C(N(C)CCCc2ccccc2)=N1.CC1N=C(N)N(C)C(N(C)CCc2ccccc2)=N1.CC1N=C(N)N(C)C(N(C)Cc2ccccc2)=N1.CC1N=C(N)N(C)C(N(C)c2ccccc2)=N1.CN=C1NC(=NCCCc2ccccc2)NC(C)N1.CN=C1NC(=NCCc2ccccc2)NC(C)N1.CN=C1NC(=NCc2ccccc2)NC(C)N1.CN=C1NC(Nc2ccccc2)=NC(C)N1. The fraction of sp³-hybridized carbons (Fsp3) is 0.385. The van der Waals surface area contributed by atoms with Gasteiger partial charge in [-0.05, 0) is 152 Å². The zero-order valence-corrected chi connectivity index (χ0v) is 87.2. The van der Waals surface area contributed by atoms with Gasteiger partial charge < -0.3 is 85.1 Å². The van der Waals surface area contributed by atoms with Gasteiger partial charge in [-0.15, -0.1) is 0 Å². The number of benzene rings is 8. The normalized spacial score (nSPS) is 21.0. The van der Waals surface area contributed by atoms with Crippen molar-refractivity contribution < 1.29 is 0 Å². The molecular formula is C104H152N40. The van der Waals surface area contributed by atoms with Crippen LogP contribution in [0.5, 0.6) is 0 Å². The Labute approximate surface area is 851 Å². The number of aliphatic imine (C=N–C) groups is 16. The number of nitrogens with one attached hydrogen (secondary N) is 12. The van der Waals surface area contributed by atoms with Crippen molar-refractivity contribution in [3.05, 3.63) is 276 Å². The number of aryl methyl sites for hydroxylation is 2. The van der Waals surface area contributed by atoms with Gasteiger partial charge in [0, 0.05) is 129 Å². The second-order valence-electron chi connectivity index (χ2n) is 34.4. The van der Waals surface area contributed by atoms with Crippen LogP contribution < -0.4 is 91.6 Å². The predicted octanol–water partition coefficient (Wildman–Crippen LogP) is 8.23. The van der Waals surface area contributed by atoms with Crippen LogP contribution in [0.4, 0.5) is 11.4 Å². The van der Waals surface area contributed by atoms with Crippen LogP contribution in [0.15, 0.2) is 323 Å². The lowest BCUT2D eigenvalue weighted by Gasteiger charge is -2.32. The average molecular weight is 1960 g/mol. The van der Waals surface area contributed by atoms with E-state index < -0.39 is 0 Å². The number of para-hydroxylation sites is 2. The Balaban J connectivity index is 0.000000183. The van der Waals surface area contributed by atoms with Crippen LogP contribution in [-0.4, -0.2) is 290 Å². The molecule has 0 bridgehead atoms. The largest absolute Gasteiger partial charge is 0.369 e. The topological polar surface area (TPSA) is 472 Å². The summed E-state index contributed by atoms with van der Waals surface area (Å²) in [6.07, 6.45) is 6.15. The number of guanidine groups is 16. The van der Waals surface area contributed by atoms with Crippen molar-refractivity contribution in [3.63, 3.8) is 0 Å². The van der Waals surface area contributed by atoms with Gasteiger partial charge in [0.15, 0.2) is 65.6 Å². The highest BCUT2D eigenvalue weighted by atomic mass is 15.5. The summed E-state index contributed by atoms with van der Waals surface area (Å²) in [6, 6.07) is 82.2. The van der Waals surface area contributed by atoms with Crippen molar-refractivity contribution in [1.29, 1.82) is 0 Å². The number of nitrogens with two attached hydrogens (primary N) is 4. The van der Waals surface area contributed by atoms with Gasteiger partial charge in [-0.1, -0.05) is 218 Å². The third kappa shape index (κ3) is 38.7. The number of hydrogen-bond acceptors (Lipinski definition) is 29. The molecule has 8 aromatic carbocycles. The van der Waals surface area contributed by atoms with E-state index in [1.807, 2.05) is 265 Å². The summed E-state index contributed by atoms with van der Waals surface area (Å²) in [7, 11) is 22.6. The molecule has 8 aliphatic rings. The van der Waals surface area contributed by atoms with Crippen molar-refractivity contribution in [1.82, 2.24) is 92.8 Å². The third-order valence-corrected chi connectivity index (χ3v) is 22.3. The number of hydrogen-bond donors (Lipinski definition) is 16. The van der Waals surface area contributed by atoms with E-state index in [2.05, 4.69) is 268 Å². The monoisotopic (exact) mass is 1960 g/mol. The molecule has 768 valence electrons. The molecule has 3 saturated heterocycles. The van der Waals surface area contributed by atoms with Crippen molar-refractivity contribution >= 4 is 107 Å². The quantitative estimate of drug-likeness (QED) is 0.0319. The van der Waals surface area contributed by atoms with Crippen molar-refractivity contribution in [3.8, 4) is 0 Å². The fourth-order valence-electron chi connectivity index (χ4n) is 14.8. The molecular weight excluding hydrogens is 1810 g/mol. The molecule has 8 aliphatic heterocycles. The molecule has 0 aliphatic carbocycles. The molecule has 16 rings (SSSR count). The molecule has 0 aromatic heterocycles. The van der Waals surface area contributed by atoms with Crippen LogP contribution in [0, 0.1) is 0 Å². The van der Waals surface area contributed by atoms with Crippen LogP contribution in [0.1, 0.15) is 102 Å². The molecule has 40 heteroatoms. The van der Waals surface area contributed by atoms with E-state index in [-0.39, 0.29) is 49.3 Å². The Hall–Kier alpha value is -16.3. The first-order valence-corrected chi connectivity index (χ1v) is 48.5. The first-order valence-electron chi connectivity index (χ1n) is 48.5. The second kappa shape index (κ2) is 59.3. The zero-order valence-electron chi connectivity index (χ0n) is 87.2. The van der Waals surface area contributed by atoms with E-state index >= 15 is 0 Å². The maximum Gasteiger partial charge on any atom is 0.209 e. The minimum absolute atomic E-state index is 0.0196. The molecule has 8 atom stereocenters. The van der Waals surface area contributed by atoms with Crippen molar-refractivity contribution in [2.45, 2.75) is 156 Å². The highest BCUT2D eigenvalue weighted by Gasteiger charge is 2.27. The van der Waals surface area contributed by atoms with Crippen LogP contribution in [0.3, 0.4) is 0 Å². The highest BCUT2D eigenvalue weighted by molar-refractivity contribution is 6.08. The van der Waals surface area contributed by atoms with Gasteiger partial charge in [-0.25, -0.2) is 49.9 Å². The molecule has 0 saturated carbocycles. The molecule has 20 N–H and O–H groups in total. The Bertz CT molecular complexity index is 5710. The summed E-state index contributed by atoms with van der Waals surface area (Å²) < 4.78 is 0. The Kier molecular flexibility index (Phi) is 45.8. The van der Waals surface area contributed by atoms with Gasteiger partial charge in [0.05, 0.1) is 25.0 Å². The summed E-state index contributed by atoms with van der Waals surface area (Å²) >= 11 is 0. The van der Waals surface area contributed by atoms with Gasteiger partial charge in [-0.3, -0.25) is 70.8 Å². The predicted molar refractivity (Wildman–Crippen MR) is 598 cm³/mol. The lowest BCUT2D eigenvalue weighted by molar-refractivity contribution is 0.427. The second-order valence-corrected chi connectivity index (χ2v) is 34.4. The first kappa shape index (κ1) is 111. The molecule has 8 unspecified atom stereocenters. The van der Waals surface area contributed by atoms with Crippen molar-refractivity contribution in [2.24, 2.45) is 103 Å². The summed E-state index contributed by atoms with van der Waals surface area (Å²) in [5.74, 6) is 11.4. The molecule has 8 aromatic rings. The average Bonchev–Trinajstić information content (AvgIpc) is 0.817. The van der Waals surface area contributed by atoms with Gasteiger partial charge in [0.25, 0.3) is 0 Å². The third-order valence-electron chi connectivity index (χ3n) is 22.3. The number of nitrogens with zero attached hydrogens (tertiary/aromatic N) is 24. The van der Waals surface area contributed by atoms with E-state index in [9.17, 15) is 0 Å². The van der Waals surface area contributed by atoms with E-state index in [1.165, 1.54) is 33.4 Å². The first-order chi connectivity index (χ1) is 69.4. The Morgan fingerprint density at radius 3 is 1.03 bits per heavy atom. The summed E-state index contributed by atoms with van der Waals surface area (Å²) in [4.78, 5) is 84.7. The van der Waals surface area contributed by atoms with Crippen molar-refractivity contribution in [2.75, 3.05) is 121 Å². The number of likely N-dealkylation sites (N-methyl/N-ethyl adjacent to an activating group) is 1. The summed E-state index contributed by atoms with van der Waals surface area (Å²) in [5, 5.41) is 37.7. The lowest BCUT2D eigenvalue weighted by atomic mass is 10.1. The van der Waals surface area contributed by atoms with E-state index in [4.69, 9.17) is 22.9 Å². The van der Waals surface area contributed by atoms with Gasteiger partial charge in [0.2, 0.25) is 29.8 Å². The maximum atomic E-state index is 5.89. The fourth-order valence-corrected chi connectivity index (χ4v) is 14.8. The minimum Gasteiger partial charge on any atom is -0.369 e. The van der Waals surface area contributed by atoms with E-state index in [0.717, 1.165) is 148 Å². The van der Waals surface area contributed by atoms with Crippen LogP contribution >= 0.6 is 0 Å². The molecule has 40 nitrogen and oxygen atoms in total. The minimum atomic E-state index is -0.132. The molecule has 0 spiro atoms. The van der Waals surface area contributed by atoms with Gasteiger partial charge in [0.1, 0.15) is 30.8 Å². The summed E-state index contributed by atoms with van der Waals surface area (Å²) in [5.41, 5.74) is 33.3. The van der Waals surface area contributed by atoms with E-state index in [1.54, 1.807) is 33.1 Å². The molecule has 144 heavy (non-hydrogen) atoms. The van der Waals surface area contributed by atoms with Crippen LogP contribution in [0.25, 0.3) is 0 Å². The Morgan fingerprint density at radius 1 is 0.306 bits per heavy atom. The van der Waals surface area contributed by atoms with Crippen LogP contribution in [-0.2, 0) is 38.8 Å². The number of rotatable bonds is 20. The zero-order chi connectivity index (χ0) is 104.